The van der Waals surface area contributed by atoms with E-state index in [0.717, 1.165) is 31.6 Å². The van der Waals surface area contributed by atoms with Crippen molar-refractivity contribution in [1.29, 1.82) is 0 Å². The van der Waals surface area contributed by atoms with Crippen molar-refractivity contribution in [2.75, 3.05) is 13.1 Å². The molecule has 2 heterocycles. The van der Waals surface area contributed by atoms with Crippen molar-refractivity contribution in [3.63, 3.8) is 0 Å². The maximum atomic E-state index is 13.1. The van der Waals surface area contributed by atoms with Crippen LogP contribution in [0.3, 0.4) is 0 Å². The minimum atomic E-state index is -0.204. The lowest BCUT2D eigenvalue weighted by Gasteiger charge is -2.27. The molecule has 1 saturated heterocycles. The highest BCUT2D eigenvalue weighted by molar-refractivity contribution is 6.34. The number of aromatic nitrogens is 2. The number of aromatic amines is 1. The third-order valence-corrected chi connectivity index (χ3v) is 4.62. The summed E-state index contributed by atoms with van der Waals surface area (Å²) < 4.78 is 18.5. The number of aryl methyl sites for hydroxylation is 1. The SMILES string of the molecule is CC(=O)c1n[nH]c(C2CC2)c1Cl.Cc1ccc(OC2CNC2)cc1F. The summed E-state index contributed by atoms with van der Waals surface area (Å²) in [6.07, 6.45) is 2.51. The Kier molecular flexibility index (Phi) is 5.39. The monoisotopic (exact) mass is 365 g/mol. The first-order chi connectivity index (χ1) is 12.0. The first-order valence-electron chi connectivity index (χ1n) is 8.34. The largest absolute Gasteiger partial charge is 0.488 e. The molecule has 0 radical (unpaired) electrons. The van der Waals surface area contributed by atoms with Crippen LogP contribution in [0.5, 0.6) is 5.75 Å². The average Bonchev–Trinajstić information content (AvgIpc) is 3.29. The van der Waals surface area contributed by atoms with Crippen LogP contribution in [0.15, 0.2) is 18.2 Å². The van der Waals surface area contributed by atoms with Gasteiger partial charge in [-0.05, 0) is 31.4 Å². The average molecular weight is 366 g/mol. The highest BCUT2D eigenvalue weighted by Gasteiger charge is 2.29. The van der Waals surface area contributed by atoms with Gasteiger partial charge in [0.1, 0.15) is 23.4 Å². The van der Waals surface area contributed by atoms with Crippen molar-refractivity contribution in [2.45, 2.75) is 38.7 Å². The summed E-state index contributed by atoms with van der Waals surface area (Å²) >= 11 is 5.94. The van der Waals surface area contributed by atoms with Gasteiger partial charge in [-0.2, -0.15) is 5.10 Å². The molecule has 0 spiro atoms. The molecular weight excluding hydrogens is 345 g/mol. The zero-order valence-electron chi connectivity index (χ0n) is 14.2. The number of nitrogens with zero attached hydrogens (tertiary/aromatic N) is 1. The van der Waals surface area contributed by atoms with Crippen molar-refractivity contribution in [1.82, 2.24) is 15.5 Å². The molecule has 2 fully saturated rings. The number of rotatable bonds is 4. The van der Waals surface area contributed by atoms with Gasteiger partial charge in [0.15, 0.2) is 5.78 Å². The minimum Gasteiger partial charge on any atom is -0.488 e. The summed E-state index contributed by atoms with van der Waals surface area (Å²) in [5.74, 6) is 0.848. The van der Waals surface area contributed by atoms with Gasteiger partial charge in [-0.1, -0.05) is 17.7 Å². The highest BCUT2D eigenvalue weighted by Crippen LogP contribution is 2.42. The number of ketones is 1. The van der Waals surface area contributed by atoms with Crippen molar-refractivity contribution in [3.8, 4) is 5.75 Å². The van der Waals surface area contributed by atoms with Crippen LogP contribution < -0.4 is 10.1 Å². The van der Waals surface area contributed by atoms with E-state index in [2.05, 4.69) is 15.5 Å². The molecule has 0 unspecified atom stereocenters. The molecule has 7 heteroatoms. The molecule has 1 aliphatic heterocycles. The Balaban J connectivity index is 0.000000146. The summed E-state index contributed by atoms with van der Waals surface area (Å²) in [7, 11) is 0. The van der Waals surface area contributed by atoms with Gasteiger partial charge in [-0.15, -0.1) is 0 Å². The second-order valence-corrected chi connectivity index (χ2v) is 6.82. The van der Waals surface area contributed by atoms with Crippen molar-refractivity contribution >= 4 is 17.4 Å². The van der Waals surface area contributed by atoms with Crippen LogP contribution in [0.25, 0.3) is 0 Å². The number of carbonyl (C=O) groups excluding carboxylic acids is 1. The van der Waals surface area contributed by atoms with Crippen LogP contribution >= 0.6 is 11.6 Å². The van der Waals surface area contributed by atoms with Crippen LogP contribution in [-0.2, 0) is 0 Å². The molecule has 1 aromatic carbocycles. The van der Waals surface area contributed by atoms with E-state index in [1.54, 1.807) is 19.1 Å². The van der Waals surface area contributed by atoms with Crippen LogP contribution in [0.1, 0.15) is 47.4 Å². The zero-order valence-corrected chi connectivity index (χ0v) is 15.0. The zero-order chi connectivity index (χ0) is 18.0. The fraction of sp³-hybridized carbons (Fsp3) is 0.444. The van der Waals surface area contributed by atoms with E-state index >= 15 is 0 Å². The molecule has 1 saturated carbocycles. The van der Waals surface area contributed by atoms with Gasteiger partial charge in [-0.3, -0.25) is 9.89 Å². The molecule has 134 valence electrons. The molecule has 0 atom stereocenters. The van der Waals surface area contributed by atoms with Gasteiger partial charge in [0, 0.05) is 32.0 Å². The van der Waals surface area contributed by atoms with E-state index in [9.17, 15) is 9.18 Å². The second kappa shape index (κ2) is 7.54. The molecule has 4 rings (SSSR count). The van der Waals surface area contributed by atoms with E-state index in [4.69, 9.17) is 16.3 Å². The van der Waals surface area contributed by atoms with Gasteiger partial charge >= 0.3 is 0 Å². The van der Waals surface area contributed by atoms with E-state index in [-0.39, 0.29) is 17.7 Å². The Morgan fingerprint density at radius 1 is 1.36 bits per heavy atom. The smallest absolute Gasteiger partial charge is 0.181 e. The fourth-order valence-corrected chi connectivity index (χ4v) is 2.77. The Hall–Kier alpha value is -1.92. The summed E-state index contributed by atoms with van der Waals surface area (Å²) in [4.78, 5) is 11.0. The number of H-pyrrole nitrogens is 1. The predicted molar refractivity (Wildman–Crippen MR) is 94.0 cm³/mol. The normalized spacial score (nSPS) is 16.6. The molecule has 1 aliphatic carbocycles. The summed E-state index contributed by atoms with van der Waals surface area (Å²) in [5, 5.41) is 10.3. The molecule has 2 aromatic rings. The Bertz CT molecular complexity index is 770. The number of Topliss-reactive ketones (excluding diaryl/α,β-unsaturated/α-hetero) is 1. The number of benzene rings is 1. The number of carbonyl (C=O) groups is 1. The molecule has 5 nitrogen and oxygen atoms in total. The van der Waals surface area contributed by atoms with E-state index < -0.39 is 0 Å². The Morgan fingerprint density at radius 2 is 2.08 bits per heavy atom. The molecule has 0 bridgehead atoms. The fourth-order valence-electron chi connectivity index (χ4n) is 2.40. The third-order valence-electron chi connectivity index (χ3n) is 4.24. The van der Waals surface area contributed by atoms with Crippen molar-refractivity contribution < 1.29 is 13.9 Å². The Morgan fingerprint density at radius 3 is 2.56 bits per heavy atom. The number of ether oxygens (including phenoxy) is 1. The molecule has 0 amide bonds. The molecule has 1 aromatic heterocycles. The Labute approximate surface area is 150 Å². The summed E-state index contributed by atoms with van der Waals surface area (Å²) in [6.45, 7) is 4.92. The molecule has 2 N–H and O–H groups in total. The lowest BCUT2D eigenvalue weighted by atomic mass is 10.2. The van der Waals surface area contributed by atoms with Gasteiger partial charge in [-0.25, -0.2) is 4.39 Å². The molecular formula is C18H21ClFN3O2. The topological polar surface area (TPSA) is 67.0 Å². The van der Waals surface area contributed by atoms with Gasteiger partial charge in [0.05, 0.1) is 10.7 Å². The maximum absolute atomic E-state index is 13.1. The van der Waals surface area contributed by atoms with E-state index in [1.165, 1.54) is 13.0 Å². The quantitative estimate of drug-likeness (QED) is 0.812. The lowest BCUT2D eigenvalue weighted by molar-refractivity contribution is 0.101. The van der Waals surface area contributed by atoms with Gasteiger partial charge in [0.2, 0.25) is 0 Å². The number of hydrogen-bond acceptors (Lipinski definition) is 4. The first-order valence-corrected chi connectivity index (χ1v) is 8.71. The minimum absolute atomic E-state index is 0.0804. The van der Waals surface area contributed by atoms with Crippen LogP contribution in [0.2, 0.25) is 5.02 Å². The number of hydrogen-bond donors (Lipinski definition) is 2. The van der Waals surface area contributed by atoms with E-state index in [1.807, 2.05) is 0 Å². The van der Waals surface area contributed by atoms with Gasteiger partial charge in [0.25, 0.3) is 0 Å². The highest BCUT2D eigenvalue weighted by atomic mass is 35.5. The molecule has 25 heavy (non-hydrogen) atoms. The van der Waals surface area contributed by atoms with Gasteiger partial charge < -0.3 is 10.1 Å². The predicted octanol–water partition coefficient (Wildman–Crippen LogP) is 3.63. The van der Waals surface area contributed by atoms with Crippen molar-refractivity contribution in [2.24, 2.45) is 0 Å². The number of halogens is 2. The molecule has 2 aliphatic rings. The second-order valence-electron chi connectivity index (χ2n) is 6.44. The first kappa shape index (κ1) is 17.9. The lowest BCUT2D eigenvalue weighted by Crippen LogP contribution is -2.50. The van der Waals surface area contributed by atoms with Crippen LogP contribution in [-0.4, -0.2) is 35.2 Å². The number of nitrogens with one attached hydrogen (secondary N) is 2. The van der Waals surface area contributed by atoms with Crippen molar-refractivity contribution in [3.05, 3.63) is 46.0 Å². The summed E-state index contributed by atoms with van der Waals surface area (Å²) in [5.41, 5.74) is 1.96. The summed E-state index contributed by atoms with van der Waals surface area (Å²) in [6, 6.07) is 4.97. The van der Waals surface area contributed by atoms with Crippen LogP contribution in [0.4, 0.5) is 4.39 Å². The standard InChI is InChI=1S/C10H12FNO.C8H9ClN2O/c1-7-2-3-8(4-10(7)11)13-9-5-12-6-9;1-4(12)7-6(9)8(11-10-7)5-2-3-5/h2-4,9,12H,5-6H2,1H3;5H,2-3H2,1H3,(H,10,11). The maximum Gasteiger partial charge on any atom is 0.181 e. The van der Waals surface area contributed by atoms with Crippen LogP contribution in [0, 0.1) is 12.7 Å². The third kappa shape index (κ3) is 4.38. The van der Waals surface area contributed by atoms with E-state index in [0.29, 0.717) is 27.9 Å².